The van der Waals surface area contributed by atoms with Crippen LogP contribution in [0.5, 0.6) is 0 Å². The largest absolute Gasteiger partial charge is 0.467 e. The van der Waals surface area contributed by atoms with E-state index in [1.807, 2.05) is 48.0 Å². The van der Waals surface area contributed by atoms with Gasteiger partial charge in [0.15, 0.2) is 5.96 Å². The number of halogens is 2. The van der Waals surface area contributed by atoms with Crippen molar-refractivity contribution in [2.75, 3.05) is 13.6 Å². The Kier molecular flexibility index (Phi) is 9.46. The van der Waals surface area contributed by atoms with Gasteiger partial charge in [0.2, 0.25) is 0 Å². The molecule has 0 spiro atoms. The quantitative estimate of drug-likeness (QED) is 0.272. The molecule has 0 radical (unpaired) electrons. The average Bonchev–Trinajstić information content (AvgIpc) is 3.37. The minimum atomic E-state index is 0. The summed E-state index contributed by atoms with van der Waals surface area (Å²) in [4.78, 5) is 6.76. The molecule has 0 aliphatic carbocycles. The molecule has 0 unspecified atom stereocenters. The number of aryl methyl sites for hydroxylation is 1. The van der Waals surface area contributed by atoms with Crippen LogP contribution in [0.3, 0.4) is 0 Å². The number of aliphatic imine (C=N–C) groups is 1. The molecule has 1 aromatic carbocycles. The molecule has 7 nitrogen and oxygen atoms in total. The van der Waals surface area contributed by atoms with Crippen LogP contribution in [0.2, 0.25) is 5.02 Å². The number of hydrogen-bond donors (Lipinski definition) is 1. The number of nitrogens with zero attached hydrogens (tertiary/aromatic N) is 5. The maximum atomic E-state index is 6.32. The average molecular weight is 529 g/mol. The van der Waals surface area contributed by atoms with Gasteiger partial charge in [0.1, 0.15) is 24.5 Å². The molecule has 2 heterocycles. The third-order valence-electron chi connectivity index (χ3n) is 4.34. The smallest absolute Gasteiger partial charge is 0.194 e. The van der Waals surface area contributed by atoms with Crippen LogP contribution in [0.4, 0.5) is 0 Å². The molecule has 0 amide bonds. The van der Waals surface area contributed by atoms with Gasteiger partial charge in [-0.1, -0.05) is 36.7 Å². The number of nitrogens with one attached hydrogen (secondary N) is 1. The van der Waals surface area contributed by atoms with Gasteiger partial charge < -0.3 is 19.2 Å². The minimum absolute atomic E-state index is 0. The lowest BCUT2D eigenvalue weighted by molar-refractivity contribution is 0.464. The van der Waals surface area contributed by atoms with Crippen LogP contribution in [0, 0.1) is 0 Å². The number of benzene rings is 1. The van der Waals surface area contributed by atoms with Crippen molar-refractivity contribution in [2.24, 2.45) is 4.99 Å². The van der Waals surface area contributed by atoms with Crippen molar-refractivity contribution in [3.05, 3.63) is 71.2 Å². The highest BCUT2D eigenvalue weighted by Crippen LogP contribution is 2.16. The van der Waals surface area contributed by atoms with Gasteiger partial charge in [-0.3, -0.25) is 0 Å². The van der Waals surface area contributed by atoms with Gasteiger partial charge in [-0.2, -0.15) is 0 Å². The molecule has 2 aromatic heterocycles. The van der Waals surface area contributed by atoms with Crippen LogP contribution in [-0.4, -0.2) is 39.2 Å². The topological polar surface area (TPSA) is 71.5 Å². The molecule has 0 aliphatic rings. The molecule has 0 fully saturated rings. The first-order valence-corrected chi connectivity index (χ1v) is 9.67. The molecule has 156 valence electrons. The van der Waals surface area contributed by atoms with E-state index in [0.717, 1.165) is 41.1 Å². The summed E-state index contributed by atoms with van der Waals surface area (Å²) < 4.78 is 7.45. The Bertz CT molecular complexity index is 896. The molecule has 3 rings (SSSR count). The van der Waals surface area contributed by atoms with E-state index in [0.29, 0.717) is 19.6 Å². The summed E-state index contributed by atoms with van der Waals surface area (Å²) in [7, 11) is 1.99. The van der Waals surface area contributed by atoms with E-state index in [1.165, 1.54) is 0 Å². The number of furan rings is 1. The minimum Gasteiger partial charge on any atom is -0.467 e. The van der Waals surface area contributed by atoms with Crippen molar-refractivity contribution in [3.8, 4) is 0 Å². The van der Waals surface area contributed by atoms with Crippen LogP contribution < -0.4 is 5.32 Å². The van der Waals surface area contributed by atoms with E-state index in [9.17, 15) is 0 Å². The lowest BCUT2D eigenvalue weighted by Crippen LogP contribution is -2.40. The molecule has 9 heteroatoms. The number of aromatic nitrogens is 3. The van der Waals surface area contributed by atoms with E-state index in [-0.39, 0.29) is 24.0 Å². The summed E-state index contributed by atoms with van der Waals surface area (Å²) in [5.41, 5.74) is 1.05. The van der Waals surface area contributed by atoms with E-state index < -0.39 is 0 Å². The van der Waals surface area contributed by atoms with Crippen molar-refractivity contribution in [2.45, 2.75) is 33.0 Å². The Morgan fingerprint density at radius 3 is 2.83 bits per heavy atom. The zero-order chi connectivity index (χ0) is 19.8. The van der Waals surface area contributed by atoms with Gasteiger partial charge in [0, 0.05) is 38.1 Å². The second-order valence-corrected chi connectivity index (χ2v) is 6.79. The van der Waals surface area contributed by atoms with Gasteiger partial charge in [-0.05, 0) is 23.8 Å². The van der Waals surface area contributed by atoms with Crippen molar-refractivity contribution in [1.29, 1.82) is 0 Å². The zero-order valence-electron chi connectivity index (χ0n) is 16.6. The molecular weight excluding hydrogens is 503 g/mol. The SMILES string of the molecule is CCc1nncn1CCNC(=NCc1ccco1)N(C)Cc1ccccc1Cl.I. The monoisotopic (exact) mass is 528 g/mol. The Labute approximate surface area is 193 Å². The van der Waals surface area contributed by atoms with Crippen LogP contribution in [-0.2, 0) is 26.1 Å². The summed E-state index contributed by atoms with van der Waals surface area (Å²) in [5.74, 6) is 2.57. The first kappa shape index (κ1) is 23.2. The van der Waals surface area contributed by atoms with Crippen LogP contribution >= 0.6 is 35.6 Å². The lowest BCUT2D eigenvalue weighted by Gasteiger charge is -2.23. The second-order valence-electron chi connectivity index (χ2n) is 6.39. The van der Waals surface area contributed by atoms with E-state index in [4.69, 9.17) is 21.0 Å². The van der Waals surface area contributed by atoms with Gasteiger partial charge >= 0.3 is 0 Å². The molecule has 0 saturated carbocycles. The van der Waals surface area contributed by atoms with Crippen molar-refractivity contribution in [3.63, 3.8) is 0 Å². The molecular formula is C20H26ClIN6O. The Balaban J connectivity index is 0.00000300. The first-order valence-electron chi connectivity index (χ1n) is 9.29. The summed E-state index contributed by atoms with van der Waals surface area (Å²) in [5, 5.41) is 12.3. The van der Waals surface area contributed by atoms with E-state index in [2.05, 4.69) is 27.3 Å². The predicted molar refractivity (Wildman–Crippen MR) is 126 cm³/mol. The zero-order valence-corrected chi connectivity index (χ0v) is 19.7. The summed E-state index contributed by atoms with van der Waals surface area (Å²) in [6.45, 7) is 4.65. The molecule has 0 atom stereocenters. The molecule has 0 saturated heterocycles. The highest BCUT2D eigenvalue weighted by molar-refractivity contribution is 14.0. The van der Waals surface area contributed by atoms with E-state index in [1.54, 1.807) is 12.6 Å². The highest BCUT2D eigenvalue weighted by Gasteiger charge is 2.10. The fraction of sp³-hybridized carbons (Fsp3) is 0.350. The van der Waals surface area contributed by atoms with Gasteiger partial charge in [0.25, 0.3) is 0 Å². The molecule has 29 heavy (non-hydrogen) atoms. The highest BCUT2D eigenvalue weighted by atomic mass is 127. The van der Waals surface area contributed by atoms with Crippen molar-refractivity contribution in [1.82, 2.24) is 25.0 Å². The Morgan fingerprint density at radius 2 is 2.10 bits per heavy atom. The molecule has 0 bridgehead atoms. The van der Waals surface area contributed by atoms with Gasteiger partial charge in [-0.15, -0.1) is 34.2 Å². The summed E-state index contributed by atoms with van der Waals surface area (Å²) >= 11 is 6.32. The maximum absolute atomic E-state index is 6.32. The maximum Gasteiger partial charge on any atom is 0.194 e. The lowest BCUT2D eigenvalue weighted by atomic mass is 10.2. The van der Waals surface area contributed by atoms with Gasteiger partial charge in [-0.25, -0.2) is 4.99 Å². The fourth-order valence-corrected chi connectivity index (χ4v) is 3.05. The first-order chi connectivity index (χ1) is 13.7. The Morgan fingerprint density at radius 1 is 1.28 bits per heavy atom. The fourth-order valence-electron chi connectivity index (χ4n) is 2.85. The normalized spacial score (nSPS) is 11.2. The van der Waals surface area contributed by atoms with Crippen LogP contribution in [0.1, 0.15) is 24.1 Å². The standard InChI is InChI=1S/C20H25ClN6O.HI/c1-3-19-25-24-15-27(19)11-10-22-20(23-13-17-8-6-12-28-17)26(2)14-16-7-4-5-9-18(16)21;/h4-9,12,15H,3,10-11,13-14H2,1-2H3,(H,22,23);1H. The number of guanidine groups is 1. The third-order valence-corrected chi connectivity index (χ3v) is 4.71. The predicted octanol–water partition coefficient (Wildman–Crippen LogP) is 3.98. The second kappa shape index (κ2) is 11.8. The number of hydrogen-bond acceptors (Lipinski definition) is 4. The molecule has 1 N–H and O–H groups in total. The van der Waals surface area contributed by atoms with Crippen LogP contribution in [0.15, 0.2) is 58.4 Å². The van der Waals surface area contributed by atoms with Crippen LogP contribution in [0.25, 0.3) is 0 Å². The summed E-state index contributed by atoms with van der Waals surface area (Å²) in [6, 6.07) is 11.6. The number of rotatable bonds is 8. The van der Waals surface area contributed by atoms with Gasteiger partial charge in [0.05, 0.1) is 6.26 Å². The molecule has 3 aromatic rings. The van der Waals surface area contributed by atoms with E-state index >= 15 is 0 Å². The summed E-state index contributed by atoms with van der Waals surface area (Å²) in [6.07, 6.45) is 4.27. The molecule has 0 aliphatic heterocycles. The Hall–Kier alpha value is -2.07. The van der Waals surface area contributed by atoms with Crippen molar-refractivity contribution >= 4 is 41.5 Å². The van der Waals surface area contributed by atoms with Crippen molar-refractivity contribution < 1.29 is 4.42 Å². The third kappa shape index (κ3) is 6.74.